The molecular weight excluding hydrogens is 284 g/mol. The molecule has 0 spiro atoms. The van der Waals surface area contributed by atoms with Crippen molar-refractivity contribution in [2.75, 3.05) is 5.32 Å². The Morgan fingerprint density at radius 1 is 1.30 bits per heavy atom. The van der Waals surface area contributed by atoms with Crippen LogP contribution in [-0.4, -0.2) is 14.8 Å². The van der Waals surface area contributed by atoms with Crippen molar-refractivity contribution in [3.8, 4) is 0 Å². The van der Waals surface area contributed by atoms with Gasteiger partial charge >= 0.3 is 0 Å². The maximum Gasteiger partial charge on any atom is 0.299 e. The van der Waals surface area contributed by atoms with Gasteiger partial charge in [0.1, 0.15) is 5.69 Å². The minimum atomic E-state index is -0.666. The second-order valence-corrected chi connectivity index (χ2v) is 4.99. The Balaban J connectivity index is 2.22. The maximum absolute atomic E-state index is 10.9. The molecule has 2 aromatic rings. The van der Waals surface area contributed by atoms with E-state index in [2.05, 4.69) is 10.3 Å². The van der Waals surface area contributed by atoms with Gasteiger partial charge in [0.15, 0.2) is 0 Å². The van der Waals surface area contributed by atoms with Gasteiger partial charge in [-0.1, -0.05) is 0 Å². The summed E-state index contributed by atoms with van der Waals surface area (Å²) in [4.78, 5) is 24.5. The Morgan fingerprint density at radius 2 is 2.05 bits per heavy atom. The van der Waals surface area contributed by atoms with Gasteiger partial charge in [-0.3, -0.25) is 20.2 Å². The van der Waals surface area contributed by atoms with E-state index in [1.165, 1.54) is 23.5 Å². The van der Waals surface area contributed by atoms with Crippen molar-refractivity contribution in [3.63, 3.8) is 0 Å². The van der Waals surface area contributed by atoms with E-state index >= 15 is 0 Å². The summed E-state index contributed by atoms with van der Waals surface area (Å²) in [6, 6.07) is 3.49. The van der Waals surface area contributed by atoms with Gasteiger partial charge in [0.2, 0.25) is 0 Å². The van der Waals surface area contributed by atoms with E-state index in [1.54, 1.807) is 0 Å². The van der Waals surface area contributed by atoms with Crippen molar-refractivity contribution in [2.45, 2.75) is 13.5 Å². The topological polar surface area (TPSA) is 111 Å². The van der Waals surface area contributed by atoms with Gasteiger partial charge in [-0.25, -0.2) is 4.98 Å². The van der Waals surface area contributed by atoms with Crippen LogP contribution in [0.2, 0.25) is 0 Å². The second-order valence-electron chi connectivity index (χ2n) is 3.93. The lowest BCUT2D eigenvalue weighted by atomic mass is 10.2. The molecule has 1 heterocycles. The van der Waals surface area contributed by atoms with Crippen LogP contribution in [0.5, 0.6) is 0 Å². The van der Waals surface area contributed by atoms with Crippen molar-refractivity contribution < 1.29 is 9.85 Å². The highest BCUT2D eigenvalue weighted by atomic mass is 32.1. The third-order valence-corrected chi connectivity index (χ3v) is 3.34. The number of aryl methyl sites for hydroxylation is 1. The first-order chi connectivity index (χ1) is 9.47. The van der Waals surface area contributed by atoms with Gasteiger partial charge in [0, 0.05) is 11.4 Å². The molecule has 0 amide bonds. The van der Waals surface area contributed by atoms with Crippen LogP contribution in [0, 0.1) is 27.2 Å². The number of thiazole rings is 1. The predicted molar refractivity (Wildman–Crippen MR) is 73.9 cm³/mol. The Bertz CT molecular complexity index is 670. The highest BCUT2D eigenvalue weighted by Gasteiger charge is 2.19. The monoisotopic (exact) mass is 294 g/mol. The fraction of sp³-hybridized carbons (Fsp3) is 0.182. The van der Waals surface area contributed by atoms with Gasteiger partial charge in [-0.05, 0) is 13.0 Å². The molecule has 0 aliphatic heterocycles. The number of nitro benzene ring substituents is 2. The first-order valence-electron chi connectivity index (χ1n) is 5.55. The van der Waals surface area contributed by atoms with Crippen molar-refractivity contribution in [3.05, 3.63) is 54.5 Å². The number of hydrogen-bond acceptors (Lipinski definition) is 7. The lowest BCUT2D eigenvalue weighted by Crippen LogP contribution is -2.03. The van der Waals surface area contributed by atoms with Gasteiger partial charge in [-0.2, -0.15) is 0 Å². The molecule has 0 saturated heterocycles. The first-order valence-corrected chi connectivity index (χ1v) is 6.43. The van der Waals surface area contributed by atoms with E-state index in [0.29, 0.717) is 6.54 Å². The normalized spacial score (nSPS) is 10.2. The summed E-state index contributed by atoms with van der Waals surface area (Å²) in [6.45, 7) is 2.19. The summed E-state index contributed by atoms with van der Waals surface area (Å²) >= 11 is 1.48. The number of non-ortho nitro benzene ring substituents is 1. The predicted octanol–water partition coefficient (Wildman–Crippen LogP) is 2.88. The zero-order chi connectivity index (χ0) is 14.7. The van der Waals surface area contributed by atoms with E-state index in [4.69, 9.17) is 0 Å². The summed E-state index contributed by atoms with van der Waals surface area (Å²) < 4.78 is 0. The first kappa shape index (κ1) is 13.9. The van der Waals surface area contributed by atoms with Gasteiger partial charge in [-0.15, -0.1) is 11.3 Å². The smallest absolute Gasteiger partial charge is 0.299 e. The van der Waals surface area contributed by atoms with Crippen LogP contribution in [0.15, 0.2) is 23.6 Å². The van der Waals surface area contributed by atoms with Crippen molar-refractivity contribution in [1.82, 2.24) is 4.98 Å². The molecular formula is C11H10N4O4S. The summed E-state index contributed by atoms with van der Waals surface area (Å²) in [5.74, 6) is 0. The second kappa shape index (κ2) is 5.61. The van der Waals surface area contributed by atoms with Crippen LogP contribution in [0.1, 0.15) is 10.7 Å². The zero-order valence-corrected chi connectivity index (χ0v) is 11.2. The Hall–Kier alpha value is -2.55. The highest BCUT2D eigenvalue weighted by molar-refractivity contribution is 7.09. The average molecular weight is 294 g/mol. The van der Waals surface area contributed by atoms with Crippen molar-refractivity contribution >= 4 is 28.4 Å². The summed E-state index contributed by atoms with van der Waals surface area (Å²) in [5.41, 5.74) is 0.351. The van der Waals surface area contributed by atoms with Crippen LogP contribution in [0.3, 0.4) is 0 Å². The number of hydrogen-bond donors (Lipinski definition) is 1. The molecule has 0 fully saturated rings. The minimum absolute atomic E-state index is 0.228. The molecule has 0 radical (unpaired) electrons. The van der Waals surface area contributed by atoms with Crippen LogP contribution >= 0.6 is 11.3 Å². The highest BCUT2D eigenvalue weighted by Crippen LogP contribution is 2.29. The molecule has 8 nitrogen and oxygen atoms in total. The molecule has 20 heavy (non-hydrogen) atoms. The van der Waals surface area contributed by atoms with Crippen molar-refractivity contribution in [1.29, 1.82) is 0 Å². The van der Waals surface area contributed by atoms with E-state index in [-0.39, 0.29) is 17.1 Å². The van der Waals surface area contributed by atoms with E-state index in [1.807, 2.05) is 12.3 Å². The standard InChI is InChI=1S/C11H10N4O4S/c1-7-13-8(6-20-7)5-12-10-3-2-9(14(16)17)4-11(10)15(18)19/h2-4,6,12H,5H2,1H3. The van der Waals surface area contributed by atoms with E-state index < -0.39 is 9.85 Å². The molecule has 104 valence electrons. The van der Waals surface area contributed by atoms with Crippen LogP contribution in [0.4, 0.5) is 17.1 Å². The van der Waals surface area contributed by atoms with Crippen molar-refractivity contribution in [2.24, 2.45) is 0 Å². The molecule has 0 unspecified atom stereocenters. The molecule has 0 bridgehead atoms. The Morgan fingerprint density at radius 3 is 2.60 bits per heavy atom. The average Bonchev–Trinajstić information content (AvgIpc) is 2.81. The third-order valence-electron chi connectivity index (χ3n) is 2.52. The van der Waals surface area contributed by atoms with E-state index in [0.717, 1.165) is 16.8 Å². The molecule has 0 saturated carbocycles. The summed E-state index contributed by atoms with van der Waals surface area (Å²) in [7, 11) is 0. The summed E-state index contributed by atoms with van der Waals surface area (Å²) in [5, 5.41) is 27.2. The Labute approximate surface area is 117 Å². The van der Waals surface area contributed by atoms with Gasteiger partial charge in [0.05, 0.1) is 33.2 Å². The lowest BCUT2D eigenvalue weighted by molar-refractivity contribution is -0.393. The number of nitro groups is 2. The minimum Gasteiger partial charge on any atom is -0.374 e. The number of nitrogens with zero attached hydrogens (tertiary/aromatic N) is 3. The molecule has 1 N–H and O–H groups in total. The molecule has 2 rings (SSSR count). The number of nitrogens with one attached hydrogen (secondary N) is 1. The zero-order valence-electron chi connectivity index (χ0n) is 10.4. The quantitative estimate of drug-likeness (QED) is 0.670. The molecule has 9 heteroatoms. The van der Waals surface area contributed by atoms with Gasteiger partial charge < -0.3 is 5.32 Å². The fourth-order valence-electron chi connectivity index (χ4n) is 1.61. The largest absolute Gasteiger partial charge is 0.374 e. The van der Waals surface area contributed by atoms with Crippen LogP contribution in [-0.2, 0) is 6.54 Å². The lowest BCUT2D eigenvalue weighted by Gasteiger charge is -2.05. The number of rotatable bonds is 5. The number of aromatic nitrogens is 1. The summed E-state index contributed by atoms with van der Waals surface area (Å²) in [6.07, 6.45) is 0. The molecule has 0 atom stereocenters. The Kier molecular flexibility index (Phi) is 3.89. The molecule has 1 aromatic carbocycles. The SMILES string of the molecule is Cc1nc(CNc2ccc([N+](=O)[O-])cc2[N+](=O)[O-])cs1. The fourth-order valence-corrected chi connectivity index (χ4v) is 2.22. The number of anilines is 1. The third kappa shape index (κ3) is 3.06. The van der Waals surface area contributed by atoms with Crippen LogP contribution < -0.4 is 5.32 Å². The molecule has 0 aliphatic rings. The van der Waals surface area contributed by atoms with Crippen LogP contribution in [0.25, 0.3) is 0 Å². The van der Waals surface area contributed by atoms with Gasteiger partial charge in [0.25, 0.3) is 11.4 Å². The van der Waals surface area contributed by atoms with E-state index in [9.17, 15) is 20.2 Å². The molecule has 1 aromatic heterocycles. The molecule has 0 aliphatic carbocycles. The maximum atomic E-state index is 10.9. The number of benzene rings is 1.